The minimum atomic E-state index is -0.993. The molecule has 0 saturated carbocycles. The van der Waals surface area contributed by atoms with E-state index in [1.807, 2.05) is 12.1 Å². The van der Waals surface area contributed by atoms with Crippen molar-refractivity contribution in [3.05, 3.63) is 35.4 Å². The second-order valence-electron chi connectivity index (χ2n) is 5.76. The molecule has 1 aromatic carbocycles. The van der Waals surface area contributed by atoms with Gasteiger partial charge in [0.1, 0.15) is 0 Å². The normalized spacial score (nSPS) is 17.6. The molecule has 1 aliphatic rings. The lowest BCUT2D eigenvalue weighted by molar-refractivity contribution is 0.137. The molecule has 118 valence electrons. The van der Waals surface area contributed by atoms with Crippen LogP contribution in [0.3, 0.4) is 0 Å². The van der Waals surface area contributed by atoms with Gasteiger partial charge in [-0.1, -0.05) is 12.1 Å². The van der Waals surface area contributed by atoms with Gasteiger partial charge >= 0.3 is 6.09 Å². The molecule has 1 fully saturated rings. The van der Waals surface area contributed by atoms with E-state index in [0.29, 0.717) is 18.5 Å². The van der Waals surface area contributed by atoms with Crippen LogP contribution in [0, 0.1) is 11.3 Å². The van der Waals surface area contributed by atoms with E-state index in [2.05, 4.69) is 28.2 Å². The number of piperazine rings is 1. The van der Waals surface area contributed by atoms with Gasteiger partial charge in [-0.25, -0.2) is 4.79 Å². The lowest BCUT2D eigenvalue weighted by Crippen LogP contribution is -2.51. The molecule has 0 spiro atoms. The van der Waals surface area contributed by atoms with E-state index < -0.39 is 6.09 Å². The zero-order chi connectivity index (χ0) is 15.9. The van der Waals surface area contributed by atoms with Gasteiger partial charge in [0.05, 0.1) is 11.6 Å². The van der Waals surface area contributed by atoms with Crippen molar-refractivity contribution in [2.75, 3.05) is 39.8 Å². The number of hydrogen-bond acceptors (Lipinski definition) is 4. The molecule has 1 unspecified atom stereocenters. The highest BCUT2D eigenvalue weighted by Gasteiger charge is 2.20. The predicted molar refractivity (Wildman–Crippen MR) is 83.7 cm³/mol. The number of carboxylic acid groups (broad SMARTS) is 1. The predicted octanol–water partition coefficient (Wildman–Crippen LogP) is 0.984. The number of nitrogens with one attached hydrogen (secondary N) is 1. The first kappa shape index (κ1) is 16.3. The lowest BCUT2D eigenvalue weighted by atomic mass is 10.0. The van der Waals surface area contributed by atoms with Gasteiger partial charge in [0.15, 0.2) is 0 Å². The molecule has 1 aromatic rings. The van der Waals surface area contributed by atoms with Crippen molar-refractivity contribution in [3.8, 4) is 6.07 Å². The summed E-state index contributed by atoms with van der Waals surface area (Å²) in [4.78, 5) is 15.6. The summed E-state index contributed by atoms with van der Waals surface area (Å²) < 4.78 is 0. The van der Waals surface area contributed by atoms with Crippen LogP contribution in [0.15, 0.2) is 24.3 Å². The van der Waals surface area contributed by atoms with Crippen molar-refractivity contribution in [1.29, 1.82) is 5.26 Å². The molecule has 1 atom stereocenters. The van der Waals surface area contributed by atoms with Crippen LogP contribution in [0.1, 0.15) is 11.1 Å². The van der Waals surface area contributed by atoms with Crippen molar-refractivity contribution in [2.45, 2.75) is 12.5 Å². The first-order valence-corrected chi connectivity index (χ1v) is 7.46. The first-order valence-electron chi connectivity index (χ1n) is 7.46. The van der Waals surface area contributed by atoms with Crippen LogP contribution in [0.2, 0.25) is 0 Å². The number of hydrogen-bond donors (Lipinski definition) is 2. The Hall–Kier alpha value is -2.10. The molecular weight excluding hydrogens is 280 g/mol. The SMILES string of the molecule is CN1CCN(CC(Cc2ccc(C#N)cc2)NC(=O)O)CC1. The maximum absolute atomic E-state index is 11.0. The van der Waals surface area contributed by atoms with Crippen LogP contribution < -0.4 is 5.32 Å². The molecular formula is C16H22N4O2. The van der Waals surface area contributed by atoms with Gasteiger partial charge in [0, 0.05) is 38.8 Å². The molecule has 1 heterocycles. The van der Waals surface area contributed by atoms with E-state index in [1.54, 1.807) is 12.1 Å². The van der Waals surface area contributed by atoms with Gasteiger partial charge < -0.3 is 15.3 Å². The first-order chi connectivity index (χ1) is 10.6. The molecule has 0 bridgehead atoms. The van der Waals surface area contributed by atoms with Gasteiger partial charge in [0.2, 0.25) is 0 Å². The standard InChI is InChI=1S/C16H22N4O2/c1-19-6-8-20(9-7-19)12-15(18-16(21)22)10-13-2-4-14(11-17)5-3-13/h2-5,15,18H,6-10,12H2,1H3,(H,21,22). The van der Waals surface area contributed by atoms with Crippen LogP contribution in [-0.2, 0) is 6.42 Å². The number of carbonyl (C=O) groups is 1. The van der Waals surface area contributed by atoms with Gasteiger partial charge in [-0.3, -0.25) is 4.90 Å². The molecule has 0 aliphatic carbocycles. The smallest absolute Gasteiger partial charge is 0.404 e. The van der Waals surface area contributed by atoms with Crippen molar-refractivity contribution in [3.63, 3.8) is 0 Å². The fraction of sp³-hybridized carbons (Fsp3) is 0.500. The fourth-order valence-corrected chi connectivity index (χ4v) is 2.68. The molecule has 6 nitrogen and oxygen atoms in total. The fourth-order valence-electron chi connectivity index (χ4n) is 2.68. The average Bonchev–Trinajstić information content (AvgIpc) is 2.50. The Labute approximate surface area is 130 Å². The van der Waals surface area contributed by atoms with E-state index >= 15 is 0 Å². The summed E-state index contributed by atoms with van der Waals surface area (Å²) in [5.74, 6) is 0. The number of nitrogens with zero attached hydrogens (tertiary/aromatic N) is 3. The molecule has 1 amide bonds. The minimum absolute atomic E-state index is 0.145. The summed E-state index contributed by atoms with van der Waals surface area (Å²) in [6.07, 6.45) is -0.363. The molecule has 0 radical (unpaired) electrons. The van der Waals surface area contributed by atoms with Crippen LogP contribution in [0.5, 0.6) is 0 Å². The average molecular weight is 302 g/mol. The number of benzene rings is 1. The Morgan fingerprint density at radius 1 is 1.32 bits per heavy atom. The number of rotatable bonds is 5. The Kier molecular flexibility index (Phi) is 5.75. The number of amides is 1. The van der Waals surface area contributed by atoms with Crippen molar-refractivity contribution < 1.29 is 9.90 Å². The van der Waals surface area contributed by atoms with Crippen molar-refractivity contribution in [1.82, 2.24) is 15.1 Å². The Bertz CT molecular complexity index is 530. The summed E-state index contributed by atoms with van der Waals surface area (Å²) in [5.41, 5.74) is 1.65. The third kappa shape index (κ3) is 5.02. The molecule has 2 rings (SSSR count). The van der Waals surface area contributed by atoms with Crippen LogP contribution >= 0.6 is 0 Å². The van der Waals surface area contributed by atoms with Crippen LogP contribution in [0.25, 0.3) is 0 Å². The highest BCUT2D eigenvalue weighted by atomic mass is 16.4. The van der Waals surface area contributed by atoms with Crippen LogP contribution in [-0.4, -0.2) is 66.8 Å². The van der Waals surface area contributed by atoms with E-state index in [4.69, 9.17) is 10.4 Å². The second kappa shape index (κ2) is 7.78. The third-order valence-electron chi connectivity index (χ3n) is 3.97. The summed E-state index contributed by atoms with van der Waals surface area (Å²) in [7, 11) is 2.10. The van der Waals surface area contributed by atoms with Crippen molar-refractivity contribution >= 4 is 6.09 Å². The molecule has 0 aromatic heterocycles. The zero-order valence-electron chi connectivity index (χ0n) is 12.8. The van der Waals surface area contributed by atoms with Gasteiger partial charge in [0.25, 0.3) is 0 Å². The van der Waals surface area contributed by atoms with E-state index in [-0.39, 0.29) is 6.04 Å². The monoisotopic (exact) mass is 302 g/mol. The molecule has 2 N–H and O–H groups in total. The maximum Gasteiger partial charge on any atom is 0.404 e. The third-order valence-corrected chi connectivity index (χ3v) is 3.97. The van der Waals surface area contributed by atoms with Crippen LogP contribution in [0.4, 0.5) is 4.79 Å². The van der Waals surface area contributed by atoms with Gasteiger partial charge in [-0.2, -0.15) is 5.26 Å². The summed E-state index contributed by atoms with van der Waals surface area (Å²) >= 11 is 0. The maximum atomic E-state index is 11.0. The van der Waals surface area contributed by atoms with Crippen molar-refractivity contribution in [2.24, 2.45) is 0 Å². The van der Waals surface area contributed by atoms with E-state index in [0.717, 1.165) is 31.7 Å². The molecule has 1 saturated heterocycles. The summed E-state index contributed by atoms with van der Waals surface area (Å²) in [5, 5.41) is 20.5. The number of nitriles is 1. The summed E-state index contributed by atoms with van der Waals surface area (Å²) in [6.45, 7) is 4.65. The molecule has 6 heteroatoms. The Balaban J connectivity index is 1.96. The lowest BCUT2D eigenvalue weighted by Gasteiger charge is -2.34. The molecule has 1 aliphatic heterocycles. The van der Waals surface area contributed by atoms with E-state index in [9.17, 15) is 4.79 Å². The second-order valence-corrected chi connectivity index (χ2v) is 5.76. The highest BCUT2D eigenvalue weighted by molar-refractivity contribution is 5.64. The minimum Gasteiger partial charge on any atom is -0.465 e. The largest absolute Gasteiger partial charge is 0.465 e. The topological polar surface area (TPSA) is 79.6 Å². The van der Waals surface area contributed by atoms with Gasteiger partial charge in [-0.15, -0.1) is 0 Å². The number of likely N-dealkylation sites (N-methyl/N-ethyl adjacent to an activating group) is 1. The van der Waals surface area contributed by atoms with E-state index in [1.165, 1.54) is 0 Å². The highest BCUT2D eigenvalue weighted by Crippen LogP contribution is 2.09. The Morgan fingerprint density at radius 3 is 2.50 bits per heavy atom. The van der Waals surface area contributed by atoms with Gasteiger partial charge in [-0.05, 0) is 31.2 Å². The quantitative estimate of drug-likeness (QED) is 0.848. The molecule has 22 heavy (non-hydrogen) atoms. The summed E-state index contributed by atoms with van der Waals surface area (Å²) in [6, 6.07) is 9.25. The Morgan fingerprint density at radius 2 is 1.95 bits per heavy atom. The zero-order valence-corrected chi connectivity index (χ0v) is 12.8.